The molecule has 0 aromatic heterocycles. The summed E-state index contributed by atoms with van der Waals surface area (Å²) in [5.74, 6) is -0.230. The Balaban J connectivity index is 1.60. The number of piperazine rings is 1. The van der Waals surface area contributed by atoms with Crippen LogP contribution in [0.4, 0.5) is 11.4 Å². The first kappa shape index (κ1) is 22.6. The molecule has 0 spiro atoms. The Labute approximate surface area is 193 Å². The number of nitrogens with zero attached hydrogens (tertiary/aromatic N) is 3. The summed E-state index contributed by atoms with van der Waals surface area (Å²) in [6.07, 6.45) is 1.37. The zero-order valence-electron chi connectivity index (χ0n) is 18.5. The normalized spacial score (nSPS) is 21.4. The van der Waals surface area contributed by atoms with Crippen LogP contribution in [0.15, 0.2) is 42.5 Å². The number of nitro groups is 1. The largest absolute Gasteiger partial charge is 0.365 e. The van der Waals surface area contributed by atoms with Gasteiger partial charge < -0.3 is 10.2 Å². The number of hydrogen-bond acceptors (Lipinski definition) is 5. The van der Waals surface area contributed by atoms with E-state index in [4.69, 9.17) is 11.6 Å². The van der Waals surface area contributed by atoms with E-state index in [1.165, 1.54) is 5.56 Å². The third-order valence-corrected chi connectivity index (χ3v) is 6.90. The van der Waals surface area contributed by atoms with Crippen molar-refractivity contribution in [2.24, 2.45) is 5.92 Å². The highest BCUT2D eigenvalue weighted by atomic mass is 35.5. The molecule has 7 nitrogen and oxygen atoms in total. The topological polar surface area (TPSA) is 78.7 Å². The predicted molar refractivity (Wildman–Crippen MR) is 126 cm³/mol. The fourth-order valence-electron chi connectivity index (χ4n) is 4.73. The van der Waals surface area contributed by atoms with Gasteiger partial charge in [0, 0.05) is 55.1 Å². The van der Waals surface area contributed by atoms with Gasteiger partial charge in [-0.3, -0.25) is 19.8 Å². The second-order valence-corrected chi connectivity index (χ2v) is 9.26. The molecule has 0 radical (unpaired) electrons. The van der Waals surface area contributed by atoms with Gasteiger partial charge in [-0.05, 0) is 49.1 Å². The van der Waals surface area contributed by atoms with Crippen molar-refractivity contribution >= 4 is 28.9 Å². The van der Waals surface area contributed by atoms with Crippen LogP contribution in [0.25, 0.3) is 0 Å². The van der Waals surface area contributed by atoms with E-state index in [1.54, 1.807) is 12.1 Å². The zero-order chi connectivity index (χ0) is 22.8. The summed E-state index contributed by atoms with van der Waals surface area (Å²) >= 11 is 6.02. The Hall–Kier alpha value is -2.64. The predicted octanol–water partition coefficient (Wildman–Crippen LogP) is 4.03. The Morgan fingerprint density at radius 3 is 2.69 bits per heavy atom. The quantitative estimate of drug-likeness (QED) is 0.524. The van der Waals surface area contributed by atoms with Crippen LogP contribution in [0.1, 0.15) is 31.4 Å². The molecule has 2 aromatic rings. The minimum absolute atomic E-state index is 0.0223. The lowest BCUT2D eigenvalue weighted by Crippen LogP contribution is -2.61. The number of nitro benzene ring substituents is 1. The summed E-state index contributed by atoms with van der Waals surface area (Å²) in [7, 11) is 0. The van der Waals surface area contributed by atoms with Crippen molar-refractivity contribution in [3.05, 3.63) is 68.7 Å². The van der Waals surface area contributed by atoms with Crippen molar-refractivity contribution in [3.63, 3.8) is 0 Å². The van der Waals surface area contributed by atoms with E-state index in [1.807, 2.05) is 44.2 Å². The molecule has 170 valence electrons. The smallest absolute Gasteiger partial charge is 0.269 e. The molecular formula is C24H29ClN4O3. The van der Waals surface area contributed by atoms with Crippen molar-refractivity contribution < 1.29 is 9.72 Å². The van der Waals surface area contributed by atoms with Gasteiger partial charge in [0.2, 0.25) is 5.91 Å². The lowest BCUT2D eigenvalue weighted by molar-refractivity contribution is -0.384. The van der Waals surface area contributed by atoms with Crippen LogP contribution >= 0.6 is 11.6 Å². The Morgan fingerprint density at radius 2 is 2.00 bits per heavy atom. The second-order valence-electron chi connectivity index (χ2n) is 8.82. The molecule has 0 saturated carbocycles. The van der Waals surface area contributed by atoms with Crippen molar-refractivity contribution in [2.75, 3.05) is 24.5 Å². The zero-order valence-corrected chi connectivity index (χ0v) is 19.2. The average Bonchev–Trinajstić information content (AvgIpc) is 2.79. The second kappa shape index (κ2) is 9.46. The average molecular weight is 457 g/mol. The number of nitrogens with one attached hydrogen (secondary N) is 1. The van der Waals surface area contributed by atoms with Crippen molar-refractivity contribution in [1.82, 2.24) is 10.2 Å². The summed E-state index contributed by atoms with van der Waals surface area (Å²) in [6.45, 7) is 7.24. The molecule has 2 aromatic carbocycles. The molecule has 4 rings (SSSR count). The highest BCUT2D eigenvalue weighted by molar-refractivity contribution is 6.30. The van der Waals surface area contributed by atoms with Gasteiger partial charge in [0.15, 0.2) is 0 Å². The SMILES string of the molecule is CC[C@H](C)NC(=O)[C@@H]1Cc2cc([N+](=O)[O-])ccc2N2CCN(Cc3ccc(Cl)cc3)C[C@H]12. The van der Waals surface area contributed by atoms with Gasteiger partial charge in [-0.15, -0.1) is 0 Å². The molecule has 3 atom stereocenters. The lowest BCUT2D eigenvalue weighted by Gasteiger charge is -2.49. The molecule has 1 saturated heterocycles. The highest BCUT2D eigenvalue weighted by Gasteiger charge is 2.42. The van der Waals surface area contributed by atoms with E-state index >= 15 is 0 Å². The molecule has 8 heteroatoms. The lowest BCUT2D eigenvalue weighted by atomic mass is 9.83. The van der Waals surface area contributed by atoms with E-state index in [9.17, 15) is 14.9 Å². The molecule has 1 N–H and O–H groups in total. The number of carbonyl (C=O) groups excluding carboxylic acids is 1. The summed E-state index contributed by atoms with van der Waals surface area (Å²) in [4.78, 5) is 28.8. The summed E-state index contributed by atoms with van der Waals surface area (Å²) in [5, 5.41) is 15.2. The van der Waals surface area contributed by atoms with Gasteiger partial charge in [0.25, 0.3) is 5.69 Å². The van der Waals surface area contributed by atoms with Crippen LogP contribution in [0, 0.1) is 16.0 Å². The monoisotopic (exact) mass is 456 g/mol. The fraction of sp³-hybridized carbons (Fsp3) is 0.458. The minimum atomic E-state index is -0.370. The fourth-order valence-corrected chi connectivity index (χ4v) is 4.85. The first-order chi connectivity index (χ1) is 15.4. The number of non-ortho nitro benzene ring substituents is 1. The van der Waals surface area contributed by atoms with Gasteiger partial charge in [-0.25, -0.2) is 0 Å². The maximum atomic E-state index is 13.2. The van der Waals surface area contributed by atoms with E-state index in [0.717, 1.165) is 48.9 Å². The number of carbonyl (C=O) groups is 1. The van der Waals surface area contributed by atoms with E-state index in [-0.39, 0.29) is 34.5 Å². The van der Waals surface area contributed by atoms with Crippen molar-refractivity contribution in [2.45, 2.75) is 45.3 Å². The van der Waals surface area contributed by atoms with Gasteiger partial charge in [0.05, 0.1) is 16.9 Å². The maximum Gasteiger partial charge on any atom is 0.269 e. The molecule has 1 fully saturated rings. The van der Waals surface area contributed by atoms with E-state index < -0.39 is 0 Å². The van der Waals surface area contributed by atoms with E-state index in [0.29, 0.717) is 6.42 Å². The molecule has 2 aliphatic heterocycles. The van der Waals surface area contributed by atoms with Crippen LogP contribution in [0.5, 0.6) is 0 Å². The number of amides is 1. The number of hydrogen-bond donors (Lipinski definition) is 1. The maximum absolute atomic E-state index is 13.2. The summed E-state index contributed by atoms with van der Waals surface area (Å²) in [5.41, 5.74) is 3.16. The molecule has 0 bridgehead atoms. The highest BCUT2D eigenvalue weighted by Crippen LogP contribution is 2.38. The van der Waals surface area contributed by atoms with Crippen LogP contribution in [0.2, 0.25) is 5.02 Å². The molecular weight excluding hydrogens is 428 g/mol. The van der Waals surface area contributed by atoms with Crippen molar-refractivity contribution in [1.29, 1.82) is 0 Å². The number of fused-ring (bicyclic) bond motifs is 3. The standard InChI is InChI=1S/C24H29ClN4O3/c1-3-16(2)26-24(30)21-13-18-12-20(29(31)32)8-9-22(18)28-11-10-27(15-23(21)28)14-17-4-6-19(25)7-5-17/h4-9,12,16,21,23H,3,10-11,13-15H2,1-2H3,(H,26,30)/t16-,21+,23+/m0/s1. The minimum Gasteiger partial charge on any atom is -0.365 e. The third-order valence-electron chi connectivity index (χ3n) is 6.65. The molecule has 1 amide bonds. The number of halogens is 1. The van der Waals surface area contributed by atoms with Crippen LogP contribution in [0.3, 0.4) is 0 Å². The van der Waals surface area contributed by atoms with Gasteiger partial charge in [-0.1, -0.05) is 30.7 Å². The number of benzene rings is 2. The first-order valence-electron chi connectivity index (χ1n) is 11.2. The first-order valence-corrected chi connectivity index (χ1v) is 11.5. The van der Waals surface area contributed by atoms with E-state index in [2.05, 4.69) is 15.1 Å². The van der Waals surface area contributed by atoms with Crippen LogP contribution in [-0.4, -0.2) is 47.4 Å². The molecule has 2 heterocycles. The Bertz CT molecular complexity index is 997. The molecule has 0 aliphatic carbocycles. The molecule has 0 unspecified atom stereocenters. The van der Waals surface area contributed by atoms with Gasteiger partial charge in [-0.2, -0.15) is 0 Å². The Morgan fingerprint density at radius 1 is 1.25 bits per heavy atom. The van der Waals surface area contributed by atoms with Crippen LogP contribution in [-0.2, 0) is 17.8 Å². The van der Waals surface area contributed by atoms with Gasteiger partial charge >= 0.3 is 0 Å². The number of rotatable bonds is 6. The van der Waals surface area contributed by atoms with Crippen molar-refractivity contribution in [3.8, 4) is 0 Å². The summed E-state index contributed by atoms with van der Waals surface area (Å²) < 4.78 is 0. The number of anilines is 1. The third kappa shape index (κ3) is 4.74. The molecule has 32 heavy (non-hydrogen) atoms. The van der Waals surface area contributed by atoms with Crippen LogP contribution < -0.4 is 10.2 Å². The summed E-state index contributed by atoms with van der Waals surface area (Å²) in [6, 6.07) is 13.0. The van der Waals surface area contributed by atoms with Gasteiger partial charge in [0.1, 0.15) is 0 Å². The Kier molecular flexibility index (Phi) is 6.67. The molecule has 2 aliphatic rings.